The highest BCUT2D eigenvalue weighted by Crippen LogP contribution is 2.41. The Hall–Kier alpha value is -3.09. The van der Waals surface area contributed by atoms with Gasteiger partial charge in [-0.25, -0.2) is 4.79 Å². The molecule has 0 aliphatic heterocycles. The van der Waals surface area contributed by atoms with E-state index in [0.29, 0.717) is 56.2 Å². The molecular formula is C27H31ClN6O4S2. The Morgan fingerprint density at radius 3 is 2.83 bits per heavy atom. The van der Waals surface area contributed by atoms with Crippen molar-refractivity contribution in [3.8, 4) is 11.5 Å². The summed E-state index contributed by atoms with van der Waals surface area (Å²) in [5, 5.41) is 17.7. The van der Waals surface area contributed by atoms with Gasteiger partial charge in [0, 0.05) is 11.9 Å². The van der Waals surface area contributed by atoms with Gasteiger partial charge in [0.1, 0.15) is 16.5 Å². The van der Waals surface area contributed by atoms with Gasteiger partial charge in [-0.3, -0.25) is 14.0 Å². The largest absolute Gasteiger partial charge is 0.467 e. The number of aromatic nitrogens is 5. The number of aryl methyl sites for hydroxylation is 2. The van der Waals surface area contributed by atoms with Gasteiger partial charge in [-0.2, -0.15) is 5.10 Å². The molecule has 1 unspecified atom stereocenters. The van der Waals surface area contributed by atoms with Gasteiger partial charge in [0.05, 0.1) is 41.4 Å². The molecule has 0 saturated heterocycles. The van der Waals surface area contributed by atoms with Crippen LogP contribution in [0.5, 0.6) is 0 Å². The Bertz CT molecular complexity index is 1520. The maximum Gasteiger partial charge on any atom is 0.341 e. The summed E-state index contributed by atoms with van der Waals surface area (Å²) in [6.07, 6.45) is 5.46. The Balaban J connectivity index is 1.38. The molecule has 4 aromatic heterocycles. The van der Waals surface area contributed by atoms with Crippen LogP contribution in [0.1, 0.15) is 58.9 Å². The molecule has 10 nitrogen and oxygen atoms in total. The van der Waals surface area contributed by atoms with Crippen LogP contribution < -0.4 is 5.32 Å². The van der Waals surface area contributed by atoms with E-state index in [1.807, 2.05) is 23.6 Å². The summed E-state index contributed by atoms with van der Waals surface area (Å²) < 4.78 is 14.4. The number of halogens is 1. The van der Waals surface area contributed by atoms with Crippen LogP contribution in [0.25, 0.3) is 11.5 Å². The summed E-state index contributed by atoms with van der Waals surface area (Å²) in [7, 11) is 1.80. The second-order valence-corrected chi connectivity index (χ2v) is 12.1. The van der Waals surface area contributed by atoms with Crippen LogP contribution in [0, 0.1) is 12.8 Å². The molecule has 0 fully saturated rings. The van der Waals surface area contributed by atoms with Gasteiger partial charge in [-0.1, -0.05) is 36.7 Å². The molecule has 0 radical (unpaired) electrons. The molecular weight excluding hydrogens is 572 g/mol. The molecule has 1 aliphatic carbocycles. The number of nitrogens with one attached hydrogen (secondary N) is 1. The molecule has 0 spiro atoms. The minimum Gasteiger partial charge on any atom is -0.467 e. The minimum absolute atomic E-state index is 0.0663. The quantitative estimate of drug-likeness (QED) is 0.180. The van der Waals surface area contributed by atoms with Crippen LogP contribution in [0.3, 0.4) is 0 Å². The molecule has 1 aliphatic rings. The number of hydrogen-bond donors (Lipinski definition) is 1. The number of amides is 1. The second kappa shape index (κ2) is 12.2. The number of esters is 1. The fourth-order valence-electron chi connectivity index (χ4n) is 4.95. The molecule has 1 N–H and O–H groups in total. The fourth-order valence-corrected chi connectivity index (χ4v) is 7.30. The normalized spacial score (nSPS) is 14.8. The lowest BCUT2D eigenvalue weighted by atomic mass is 9.85. The zero-order valence-corrected chi connectivity index (χ0v) is 25.2. The third kappa shape index (κ3) is 5.70. The van der Waals surface area contributed by atoms with E-state index in [1.54, 1.807) is 24.9 Å². The topological polar surface area (TPSA) is 117 Å². The van der Waals surface area contributed by atoms with Crippen molar-refractivity contribution in [1.29, 1.82) is 0 Å². The van der Waals surface area contributed by atoms with E-state index in [4.69, 9.17) is 20.8 Å². The number of ether oxygens (including phenoxy) is 1. The summed E-state index contributed by atoms with van der Waals surface area (Å²) >= 11 is 9.29. The first-order chi connectivity index (χ1) is 19.3. The molecule has 0 saturated carbocycles. The fraction of sp³-hybridized carbons (Fsp3) is 0.444. The lowest BCUT2D eigenvalue weighted by Crippen LogP contribution is -2.18. The van der Waals surface area contributed by atoms with Crippen LogP contribution in [0.4, 0.5) is 5.00 Å². The molecule has 4 aromatic rings. The number of nitrogens with zero attached hydrogens (tertiary/aromatic N) is 5. The van der Waals surface area contributed by atoms with Crippen molar-refractivity contribution < 1.29 is 18.7 Å². The zero-order valence-electron chi connectivity index (χ0n) is 22.8. The maximum absolute atomic E-state index is 13.2. The second-order valence-electron chi connectivity index (χ2n) is 9.63. The molecule has 1 atom stereocenters. The number of hydrogen-bond acceptors (Lipinski definition) is 9. The van der Waals surface area contributed by atoms with Gasteiger partial charge in [-0.15, -0.1) is 21.5 Å². The predicted molar refractivity (Wildman–Crippen MR) is 155 cm³/mol. The van der Waals surface area contributed by atoms with Crippen molar-refractivity contribution in [2.24, 2.45) is 13.0 Å². The highest BCUT2D eigenvalue weighted by Gasteiger charge is 2.30. The van der Waals surface area contributed by atoms with Crippen molar-refractivity contribution in [1.82, 2.24) is 24.5 Å². The molecule has 0 bridgehead atoms. The van der Waals surface area contributed by atoms with E-state index >= 15 is 0 Å². The Morgan fingerprint density at radius 1 is 1.32 bits per heavy atom. The standard InChI is InChI=1S/C27H31ClN6O4S2/c1-5-16-9-10-18-19(12-16)40-25(21(18)26(36)37-6-2)29-20(35)14-39-27-31-30-24(23-22(28)15(3)32-33(23)4)34(27)13-17-8-7-11-38-17/h7-8,11,16H,5-6,9-10,12-14H2,1-4H3,(H,29,35). The van der Waals surface area contributed by atoms with Crippen molar-refractivity contribution in [2.45, 2.75) is 58.2 Å². The van der Waals surface area contributed by atoms with Crippen LogP contribution in [-0.4, -0.2) is 48.8 Å². The average molecular weight is 603 g/mol. The van der Waals surface area contributed by atoms with Gasteiger partial charge in [0.25, 0.3) is 0 Å². The molecule has 5 rings (SSSR count). The van der Waals surface area contributed by atoms with Gasteiger partial charge < -0.3 is 14.5 Å². The summed E-state index contributed by atoms with van der Waals surface area (Å²) in [5.74, 6) is 1.25. The smallest absolute Gasteiger partial charge is 0.341 e. The number of carbonyl (C=O) groups is 2. The lowest BCUT2D eigenvalue weighted by molar-refractivity contribution is -0.113. The number of fused-ring (bicyclic) bond motifs is 1. The first kappa shape index (κ1) is 28.4. The highest BCUT2D eigenvalue weighted by molar-refractivity contribution is 7.99. The monoisotopic (exact) mass is 602 g/mol. The predicted octanol–water partition coefficient (Wildman–Crippen LogP) is 5.77. The highest BCUT2D eigenvalue weighted by atomic mass is 35.5. The molecule has 13 heteroatoms. The molecule has 1 amide bonds. The number of furan rings is 1. The lowest BCUT2D eigenvalue weighted by Gasteiger charge is -2.20. The van der Waals surface area contributed by atoms with Crippen molar-refractivity contribution in [2.75, 3.05) is 17.7 Å². The van der Waals surface area contributed by atoms with Crippen LogP contribution in [0.15, 0.2) is 28.0 Å². The Morgan fingerprint density at radius 2 is 2.15 bits per heavy atom. The van der Waals surface area contributed by atoms with E-state index in [2.05, 4.69) is 27.5 Å². The van der Waals surface area contributed by atoms with Gasteiger partial charge >= 0.3 is 5.97 Å². The third-order valence-corrected chi connectivity index (χ3v) is 9.57. The number of anilines is 1. The van der Waals surface area contributed by atoms with E-state index in [1.165, 1.54) is 23.1 Å². The molecule has 212 valence electrons. The Labute approximate surface area is 245 Å². The number of carbonyl (C=O) groups excluding carboxylic acids is 2. The van der Waals surface area contributed by atoms with Gasteiger partial charge in [0.15, 0.2) is 11.0 Å². The van der Waals surface area contributed by atoms with Gasteiger partial charge in [-0.05, 0) is 56.7 Å². The first-order valence-corrected chi connectivity index (χ1v) is 15.4. The van der Waals surface area contributed by atoms with Crippen molar-refractivity contribution in [3.63, 3.8) is 0 Å². The SMILES string of the molecule is CCOC(=O)c1c(NC(=O)CSc2nnc(-c3c(Cl)c(C)nn3C)n2Cc2ccco2)sc2c1CCC(CC)C2. The summed E-state index contributed by atoms with van der Waals surface area (Å²) in [6, 6.07) is 3.67. The van der Waals surface area contributed by atoms with E-state index in [-0.39, 0.29) is 24.2 Å². The first-order valence-electron chi connectivity index (χ1n) is 13.2. The minimum atomic E-state index is -0.385. The van der Waals surface area contributed by atoms with E-state index < -0.39 is 0 Å². The van der Waals surface area contributed by atoms with Crippen molar-refractivity contribution >= 4 is 51.6 Å². The summed E-state index contributed by atoms with van der Waals surface area (Å²) in [5.41, 5.74) is 2.83. The van der Waals surface area contributed by atoms with Crippen LogP contribution >= 0.6 is 34.7 Å². The third-order valence-electron chi connectivity index (χ3n) is 6.98. The average Bonchev–Trinajstić information content (AvgIpc) is 3.70. The molecule has 0 aromatic carbocycles. The zero-order chi connectivity index (χ0) is 28.4. The van der Waals surface area contributed by atoms with Crippen LogP contribution in [0.2, 0.25) is 5.02 Å². The maximum atomic E-state index is 13.2. The number of thiophene rings is 1. The van der Waals surface area contributed by atoms with Crippen LogP contribution in [-0.2, 0) is 36.0 Å². The molecule has 4 heterocycles. The Kier molecular flexibility index (Phi) is 8.67. The van der Waals surface area contributed by atoms with Gasteiger partial charge in [0.2, 0.25) is 5.91 Å². The molecule has 40 heavy (non-hydrogen) atoms. The van der Waals surface area contributed by atoms with E-state index in [0.717, 1.165) is 36.1 Å². The summed E-state index contributed by atoms with van der Waals surface area (Å²) in [6.45, 7) is 6.43. The van der Waals surface area contributed by atoms with E-state index in [9.17, 15) is 9.59 Å². The number of rotatable bonds is 10. The summed E-state index contributed by atoms with van der Waals surface area (Å²) in [4.78, 5) is 27.2. The van der Waals surface area contributed by atoms with Crippen molar-refractivity contribution in [3.05, 3.63) is 50.9 Å². The number of thioether (sulfide) groups is 1.